The van der Waals surface area contributed by atoms with Gasteiger partial charge in [-0.25, -0.2) is 4.98 Å². The minimum atomic E-state index is -0.111. The Morgan fingerprint density at radius 3 is 2.74 bits per heavy atom. The Morgan fingerprint density at radius 1 is 1.30 bits per heavy atom. The summed E-state index contributed by atoms with van der Waals surface area (Å²) in [6.07, 6.45) is 3.89. The number of benzene rings is 1. The molecule has 0 amide bonds. The maximum absolute atomic E-state index is 9.64. The number of anilines is 1. The van der Waals surface area contributed by atoms with Crippen molar-refractivity contribution in [2.45, 2.75) is 6.61 Å². The van der Waals surface area contributed by atoms with Crippen LogP contribution < -0.4 is 9.64 Å². The molecule has 0 fully saturated rings. The molecule has 0 atom stereocenters. The monoisotopic (exact) mass is 331 g/mol. The molecular formula is C17H18ClN3O2. The van der Waals surface area contributed by atoms with E-state index in [0.717, 1.165) is 28.2 Å². The molecule has 23 heavy (non-hydrogen) atoms. The first-order valence-electron chi connectivity index (χ1n) is 7.17. The standard InChI is InChI=1S/C17H18ClN3O2/c1-20(2)12-4-5-21-9-15(19-17(21)7-12)13-8-14(18)16(23-3)6-11(13)10-22/h4-9,22H,10H2,1-3H3. The van der Waals surface area contributed by atoms with Gasteiger partial charge in [0.15, 0.2) is 0 Å². The smallest absolute Gasteiger partial charge is 0.139 e. The van der Waals surface area contributed by atoms with Crippen molar-refractivity contribution >= 4 is 22.9 Å². The van der Waals surface area contributed by atoms with Gasteiger partial charge in [0.05, 0.1) is 24.4 Å². The van der Waals surface area contributed by atoms with E-state index in [4.69, 9.17) is 16.3 Å². The highest BCUT2D eigenvalue weighted by atomic mass is 35.5. The highest BCUT2D eigenvalue weighted by Gasteiger charge is 2.13. The van der Waals surface area contributed by atoms with Crippen LogP contribution in [0.15, 0.2) is 36.7 Å². The van der Waals surface area contributed by atoms with Crippen LogP contribution in [0.25, 0.3) is 16.9 Å². The van der Waals surface area contributed by atoms with Crippen LogP contribution in [0.4, 0.5) is 5.69 Å². The first-order chi connectivity index (χ1) is 11.0. The maximum Gasteiger partial charge on any atom is 0.139 e. The molecule has 5 nitrogen and oxygen atoms in total. The van der Waals surface area contributed by atoms with Crippen LogP contribution in [-0.4, -0.2) is 35.7 Å². The number of aliphatic hydroxyl groups excluding tert-OH is 1. The molecule has 120 valence electrons. The first kappa shape index (κ1) is 15.6. The Balaban J connectivity index is 2.14. The molecule has 0 aliphatic rings. The molecule has 2 heterocycles. The minimum Gasteiger partial charge on any atom is -0.495 e. The Hall–Kier alpha value is -2.24. The number of rotatable bonds is 4. The molecule has 1 aromatic carbocycles. The van der Waals surface area contributed by atoms with Crippen molar-refractivity contribution in [1.29, 1.82) is 0 Å². The summed E-state index contributed by atoms with van der Waals surface area (Å²) in [6, 6.07) is 7.55. The fourth-order valence-electron chi connectivity index (χ4n) is 2.50. The number of hydrogen-bond acceptors (Lipinski definition) is 4. The summed E-state index contributed by atoms with van der Waals surface area (Å²) in [5, 5.41) is 10.1. The second-order valence-electron chi connectivity index (χ2n) is 5.47. The molecule has 0 radical (unpaired) electrons. The van der Waals surface area contributed by atoms with Gasteiger partial charge in [0.1, 0.15) is 11.4 Å². The lowest BCUT2D eigenvalue weighted by Gasteiger charge is -2.11. The molecule has 0 saturated heterocycles. The highest BCUT2D eigenvalue weighted by Crippen LogP contribution is 2.34. The fraction of sp³-hybridized carbons (Fsp3) is 0.235. The van der Waals surface area contributed by atoms with Gasteiger partial charge in [0.2, 0.25) is 0 Å². The third-order valence-corrected chi connectivity index (χ3v) is 4.08. The van der Waals surface area contributed by atoms with Crippen molar-refractivity contribution in [3.05, 3.63) is 47.2 Å². The van der Waals surface area contributed by atoms with Gasteiger partial charge in [-0.15, -0.1) is 0 Å². The van der Waals surface area contributed by atoms with Crippen LogP contribution in [-0.2, 0) is 6.61 Å². The second-order valence-corrected chi connectivity index (χ2v) is 5.88. The summed E-state index contributed by atoms with van der Waals surface area (Å²) < 4.78 is 7.15. The zero-order valence-electron chi connectivity index (χ0n) is 13.2. The molecule has 0 aliphatic heterocycles. The quantitative estimate of drug-likeness (QED) is 0.797. The summed E-state index contributed by atoms with van der Waals surface area (Å²) >= 11 is 6.23. The number of pyridine rings is 1. The number of hydrogen-bond donors (Lipinski definition) is 1. The van der Waals surface area contributed by atoms with E-state index < -0.39 is 0 Å². The first-order valence-corrected chi connectivity index (χ1v) is 7.55. The average molecular weight is 332 g/mol. The van der Waals surface area contributed by atoms with Crippen molar-refractivity contribution in [3.8, 4) is 17.0 Å². The Labute approximate surface area is 139 Å². The van der Waals surface area contributed by atoms with Gasteiger partial charge in [0.25, 0.3) is 0 Å². The van der Waals surface area contributed by atoms with Crippen LogP contribution in [0.5, 0.6) is 5.75 Å². The number of nitrogens with zero attached hydrogens (tertiary/aromatic N) is 3. The Kier molecular flexibility index (Phi) is 4.15. The van der Waals surface area contributed by atoms with Crippen molar-refractivity contribution in [2.24, 2.45) is 0 Å². The van der Waals surface area contributed by atoms with Gasteiger partial charge in [-0.2, -0.15) is 0 Å². The third kappa shape index (κ3) is 2.85. The number of ether oxygens (including phenoxy) is 1. The van der Waals surface area contributed by atoms with E-state index >= 15 is 0 Å². The largest absolute Gasteiger partial charge is 0.495 e. The topological polar surface area (TPSA) is 50.0 Å². The van der Waals surface area contributed by atoms with E-state index in [1.165, 1.54) is 0 Å². The summed E-state index contributed by atoms with van der Waals surface area (Å²) in [5.41, 5.74) is 4.19. The zero-order chi connectivity index (χ0) is 16.6. The molecule has 3 aromatic rings. The fourth-order valence-corrected chi connectivity index (χ4v) is 2.74. The predicted molar refractivity (Wildman–Crippen MR) is 92.4 cm³/mol. The predicted octanol–water partition coefficient (Wildman–Crippen LogP) is 3.22. The number of fused-ring (bicyclic) bond motifs is 1. The van der Waals surface area contributed by atoms with Crippen LogP contribution >= 0.6 is 11.6 Å². The van der Waals surface area contributed by atoms with Crippen LogP contribution in [0.3, 0.4) is 0 Å². The van der Waals surface area contributed by atoms with Gasteiger partial charge < -0.3 is 19.1 Å². The number of imidazole rings is 1. The summed E-state index contributed by atoms with van der Waals surface area (Å²) in [5.74, 6) is 0.540. The molecule has 0 spiro atoms. The van der Waals surface area contributed by atoms with E-state index in [9.17, 15) is 5.11 Å². The lowest BCUT2D eigenvalue weighted by atomic mass is 10.1. The van der Waals surface area contributed by atoms with E-state index in [2.05, 4.69) is 4.98 Å². The van der Waals surface area contributed by atoms with Gasteiger partial charge in [0, 0.05) is 43.8 Å². The number of methoxy groups -OCH3 is 1. The molecular weight excluding hydrogens is 314 g/mol. The van der Waals surface area contributed by atoms with Crippen LogP contribution in [0.2, 0.25) is 5.02 Å². The van der Waals surface area contributed by atoms with Crippen LogP contribution in [0.1, 0.15) is 5.56 Å². The van der Waals surface area contributed by atoms with Gasteiger partial charge in [-0.1, -0.05) is 11.6 Å². The van der Waals surface area contributed by atoms with Crippen molar-refractivity contribution in [1.82, 2.24) is 9.38 Å². The third-order valence-electron chi connectivity index (χ3n) is 3.78. The van der Waals surface area contributed by atoms with Crippen molar-refractivity contribution in [3.63, 3.8) is 0 Å². The molecule has 0 unspecified atom stereocenters. The number of aromatic nitrogens is 2. The van der Waals surface area contributed by atoms with Gasteiger partial charge >= 0.3 is 0 Å². The molecule has 0 bridgehead atoms. The van der Waals surface area contributed by atoms with Crippen molar-refractivity contribution in [2.75, 3.05) is 26.1 Å². The van der Waals surface area contributed by atoms with E-state index in [1.807, 2.05) is 47.9 Å². The van der Waals surface area contributed by atoms with E-state index in [0.29, 0.717) is 10.8 Å². The molecule has 3 rings (SSSR count). The highest BCUT2D eigenvalue weighted by molar-refractivity contribution is 6.32. The van der Waals surface area contributed by atoms with Crippen LogP contribution in [0, 0.1) is 0 Å². The average Bonchev–Trinajstić information content (AvgIpc) is 2.97. The maximum atomic E-state index is 9.64. The molecule has 1 N–H and O–H groups in total. The molecule has 0 saturated carbocycles. The molecule has 0 aliphatic carbocycles. The Bertz CT molecular complexity index is 858. The SMILES string of the molecule is COc1cc(CO)c(-c2cn3ccc(N(C)C)cc3n2)cc1Cl. The molecule has 2 aromatic heterocycles. The minimum absolute atomic E-state index is 0.111. The second kappa shape index (κ2) is 6.10. The Morgan fingerprint density at radius 2 is 2.09 bits per heavy atom. The number of aliphatic hydroxyl groups is 1. The van der Waals surface area contributed by atoms with E-state index in [-0.39, 0.29) is 6.61 Å². The molecule has 6 heteroatoms. The van der Waals surface area contributed by atoms with E-state index in [1.54, 1.807) is 19.2 Å². The lowest BCUT2D eigenvalue weighted by Crippen LogP contribution is -2.08. The summed E-state index contributed by atoms with van der Waals surface area (Å²) in [4.78, 5) is 6.68. The lowest BCUT2D eigenvalue weighted by molar-refractivity contribution is 0.281. The van der Waals surface area contributed by atoms with Gasteiger partial charge in [-0.05, 0) is 23.8 Å². The number of halogens is 1. The summed E-state index contributed by atoms with van der Waals surface area (Å²) in [6.45, 7) is -0.111. The normalized spacial score (nSPS) is 11.0. The van der Waals surface area contributed by atoms with Gasteiger partial charge in [-0.3, -0.25) is 0 Å². The van der Waals surface area contributed by atoms with Crippen molar-refractivity contribution < 1.29 is 9.84 Å². The zero-order valence-corrected chi connectivity index (χ0v) is 14.0. The summed E-state index contributed by atoms with van der Waals surface area (Å²) in [7, 11) is 5.53.